The summed E-state index contributed by atoms with van der Waals surface area (Å²) in [4.78, 5) is 12.0. The number of aliphatic hydroxyl groups is 1. The summed E-state index contributed by atoms with van der Waals surface area (Å²) in [6, 6.07) is 6.96. The maximum atomic E-state index is 12.0. The summed E-state index contributed by atoms with van der Waals surface area (Å²) < 4.78 is 5.24. The predicted molar refractivity (Wildman–Crippen MR) is 88.6 cm³/mol. The van der Waals surface area contributed by atoms with E-state index in [1.54, 1.807) is 20.1 Å². The molecule has 0 saturated heterocycles. The fourth-order valence-corrected chi connectivity index (χ4v) is 2.78. The Bertz CT molecular complexity index is 639. The lowest BCUT2D eigenvalue weighted by molar-refractivity contribution is 0.0604. The Morgan fingerprint density at radius 3 is 2.82 bits per heavy atom. The number of thiophene rings is 1. The summed E-state index contributed by atoms with van der Waals surface area (Å²) in [5, 5.41) is 19.5. The van der Waals surface area contributed by atoms with Gasteiger partial charge in [-0.15, -0.1) is 0 Å². The summed E-state index contributed by atoms with van der Waals surface area (Å²) in [5.74, 6) is 0.597. The van der Waals surface area contributed by atoms with Crippen LogP contribution in [0.4, 0.5) is 10.5 Å². The van der Waals surface area contributed by atoms with E-state index in [2.05, 4.69) is 10.6 Å². The normalized spacial score (nSPS) is 13.3. The van der Waals surface area contributed by atoms with Gasteiger partial charge in [-0.25, -0.2) is 4.79 Å². The average molecular weight is 320 g/mol. The zero-order valence-electron chi connectivity index (χ0n) is 12.8. The minimum atomic E-state index is -1.10. The number of carbonyl (C=O) groups excluding carboxylic acids is 1. The number of anilines is 1. The Kier molecular flexibility index (Phi) is 5.05. The van der Waals surface area contributed by atoms with Gasteiger partial charge in [0.25, 0.3) is 0 Å². The largest absolute Gasteiger partial charge is 0.495 e. The van der Waals surface area contributed by atoms with Gasteiger partial charge >= 0.3 is 6.03 Å². The van der Waals surface area contributed by atoms with E-state index in [9.17, 15) is 9.90 Å². The molecule has 0 aliphatic rings. The number of rotatable bonds is 5. The van der Waals surface area contributed by atoms with Crippen LogP contribution < -0.4 is 15.4 Å². The molecule has 5 nitrogen and oxygen atoms in total. The number of aryl methyl sites for hydroxylation is 1. The van der Waals surface area contributed by atoms with E-state index >= 15 is 0 Å². The van der Waals surface area contributed by atoms with Crippen LogP contribution in [0.25, 0.3) is 0 Å². The number of hydrogen-bond acceptors (Lipinski definition) is 4. The van der Waals surface area contributed by atoms with E-state index < -0.39 is 11.6 Å². The number of ether oxygens (including phenoxy) is 1. The van der Waals surface area contributed by atoms with Crippen molar-refractivity contribution in [2.45, 2.75) is 19.4 Å². The van der Waals surface area contributed by atoms with Crippen molar-refractivity contribution in [1.82, 2.24) is 5.32 Å². The fourth-order valence-electron chi connectivity index (χ4n) is 1.99. The molecule has 2 rings (SSSR count). The van der Waals surface area contributed by atoms with E-state index in [0.29, 0.717) is 11.4 Å². The van der Waals surface area contributed by atoms with Gasteiger partial charge in [-0.2, -0.15) is 11.3 Å². The first-order valence-corrected chi connectivity index (χ1v) is 7.81. The topological polar surface area (TPSA) is 70.6 Å². The maximum absolute atomic E-state index is 12.0. The van der Waals surface area contributed by atoms with Gasteiger partial charge in [0, 0.05) is 0 Å². The van der Waals surface area contributed by atoms with E-state index in [4.69, 9.17) is 4.74 Å². The zero-order valence-corrected chi connectivity index (χ0v) is 13.7. The van der Waals surface area contributed by atoms with Gasteiger partial charge < -0.3 is 20.5 Å². The Morgan fingerprint density at radius 2 is 2.18 bits per heavy atom. The van der Waals surface area contributed by atoms with Crippen molar-refractivity contribution in [3.05, 3.63) is 46.2 Å². The standard InChI is InChI=1S/C16H20N2O3S/c1-11-4-5-13(14(8-11)21-3)18-15(19)17-10-16(2,20)12-6-7-22-9-12/h4-9,20H,10H2,1-3H3,(H2,17,18,19). The van der Waals surface area contributed by atoms with E-state index in [1.807, 2.05) is 35.9 Å². The first-order valence-electron chi connectivity index (χ1n) is 6.87. The Balaban J connectivity index is 1.96. The van der Waals surface area contributed by atoms with Crippen molar-refractivity contribution < 1.29 is 14.6 Å². The SMILES string of the molecule is COc1cc(C)ccc1NC(=O)NCC(C)(O)c1ccsc1. The highest BCUT2D eigenvalue weighted by molar-refractivity contribution is 7.08. The summed E-state index contributed by atoms with van der Waals surface area (Å²) in [6.45, 7) is 3.73. The van der Waals surface area contributed by atoms with Crippen LogP contribution in [0.1, 0.15) is 18.1 Å². The average Bonchev–Trinajstić information content (AvgIpc) is 3.02. The van der Waals surface area contributed by atoms with Gasteiger partial charge in [0.2, 0.25) is 0 Å². The minimum absolute atomic E-state index is 0.115. The summed E-state index contributed by atoms with van der Waals surface area (Å²) in [5.41, 5.74) is 1.31. The highest BCUT2D eigenvalue weighted by Gasteiger charge is 2.24. The lowest BCUT2D eigenvalue weighted by Crippen LogP contribution is -2.40. The van der Waals surface area contributed by atoms with Gasteiger partial charge in [-0.05, 0) is 53.9 Å². The third-order valence-electron chi connectivity index (χ3n) is 3.34. The molecule has 1 aromatic heterocycles. The maximum Gasteiger partial charge on any atom is 0.319 e. The van der Waals surface area contributed by atoms with Gasteiger partial charge in [0.1, 0.15) is 11.4 Å². The highest BCUT2D eigenvalue weighted by Crippen LogP contribution is 2.25. The molecule has 2 aromatic rings. The molecular formula is C16H20N2O3S. The van der Waals surface area contributed by atoms with E-state index in [1.165, 1.54) is 11.3 Å². The van der Waals surface area contributed by atoms with Crippen LogP contribution in [0, 0.1) is 6.92 Å². The van der Waals surface area contributed by atoms with Gasteiger partial charge in [0.15, 0.2) is 0 Å². The van der Waals surface area contributed by atoms with Crippen LogP contribution >= 0.6 is 11.3 Å². The molecule has 6 heteroatoms. The molecule has 0 aliphatic carbocycles. The molecule has 0 aliphatic heterocycles. The lowest BCUT2D eigenvalue weighted by Gasteiger charge is -2.23. The second-order valence-electron chi connectivity index (χ2n) is 5.30. The molecule has 118 valence electrons. The van der Waals surface area contributed by atoms with E-state index in [-0.39, 0.29) is 6.54 Å². The molecule has 0 radical (unpaired) electrons. The van der Waals surface area contributed by atoms with Gasteiger partial charge in [-0.3, -0.25) is 0 Å². The number of nitrogens with one attached hydrogen (secondary N) is 2. The lowest BCUT2D eigenvalue weighted by atomic mass is 9.99. The molecule has 0 bridgehead atoms. The molecule has 3 N–H and O–H groups in total. The molecule has 0 saturated carbocycles. The number of hydrogen-bond donors (Lipinski definition) is 3. The molecule has 22 heavy (non-hydrogen) atoms. The van der Waals surface area contributed by atoms with Gasteiger partial charge in [-0.1, -0.05) is 6.07 Å². The summed E-state index contributed by atoms with van der Waals surface area (Å²) in [7, 11) is 1.55. The van der Waals surface area contributed by atoms with Crippen LogP contribution in [-0.2, 0) is 5.60 Å². The van der Waals surface area contributed by atoms with Crippen LogP contribution in [0.3, 0.4) is 0 Å². The van der Waals surface area contributed by atoms with Crippen LogP contribution in [-0.4, -0.2) is 24.8 Å². The second kappa shape index (κ2) is 6.81. The van der Waals surface area contributed by atoms with Crippen molar-refractivity contribution in [2.24, 2.45) is 0 Å². The van der Waals surface area contributed by atoms with Crippen LogP contribution in [0.2, 0.25) is 0 Å². The van der Waals surface area contributed by atoms with Crippen molar-refractivity contribution in [3.63, 3.8) is 0 Å². The molecule has 2 amide bonds. The minimum Gasteiger partial charge on any atom is -0.495 e. The Morgan fingerprint density at radius 1 is 1.41 bits per heavy atom. The fraction of sp³-hybridized carbons (Fsp3) is 0.312. The van der Waals surface area contributed by atoms with Crippen LogP contribution in [0.5, 0.6) is 5.75 Å². The smallest absolute Gasteiger partial charge is 0.319 e. The molecule has 0 fully saturated rings. The third kappa shape index (κ3) is 3.99. The zero-order chi connectivity index (χ0) is 16.2. The Labute approximate surface area is 133 Å². The predicted octanol–water partition coefficient (Wildman–Crippen LogP) is 3.09. The molecule has 1 heterocycles. The molecule has 1 aromatic carbocycles. The molecular weight excluding hydrogens is 300 g/mol. The monoisotopic (exact) mass is 320 g/mol. The quantitative estimate of drug-likeness (QED) is 0.793. The number of carbonyl (C=O) groups is 1. The molecule has 0 spiro atoms. The second-order valence-corrected chi connectivity index (χ2v) is 6.08. The molecule has 1 atom stereocenters. The third-order valence-corrected chi connectivity index (χ3v) is 4.02. The first kappa shape index (κ1) is 16.3. The summed E-state index contributed by atoms with van der Waals surface area (Å²) >= 11 is 1.50. The Hall–Kier alpha value is -2.05. The van der Waals surface area contributed by atoms with Gasteiger partial charge in [0.05, 0.1) is 19.3 Å². The van der Waals surface area contributed by atoms with Crippen molar-refractivity contribution in [2.75, 3.05) is 19.0 Å². The van der Waals surface area contributed by atoms with Crippen molar-refractivity contribution in [3.8, 4) is 5.75 Å². The number of amides is 2. The highest BCUT2D eigenvalue weighted by atomic mass is 32.1. The van der Waals surface area contributed by atoms with E-state index in [0.717, 1.165) is 11.1 Å². The first-order chi connectivity index (χ1) is 10.4. The summed E-state index contributed by atoms with van der Waals surface area (Å²) in [6.07, 6.45) is 0. The number of methoxy groups -OCH3 is 1. The van der Waals surface area contributed by atoms with Crippen LogP contribution in [0.15, 0.2) is 35.0 Å². The van der Waals surface area contributed by atoms with Crippen molar-refractivity contribution >= 4 is 23.1 Å². The number of benzene rings is 1. The molecule has 1 unspecified atom stereocenters. The van der Waals surface area contributed by atoms with Crippen molar-refractivity contribution in [1.29, 1.82) is 0 Å². The number of urea groups is 1.